The molecule has 5 nitrogen and oxygen atoms in total. The van der Waals surface area contributed by atoms with Gasteiger partial charge >= 0.3 is 0 Å². The number of aromatic amines is 1. The zero-order valence-electron chi connectivity index (χ0n) is 17.1. The number of pyridine rings is 1. The van der Waals surface area contributed by atoms with Crippen LogP contribution in [0, 0.1) is 0 Å². The molecule has 0 bridgehead atoms. The monoisotopic (exact) mass is 414 g/mol. The maximum atomic E-state index is 13.6. The van der Waals surface area contributed by atoms with Gasteiger partial charge in [0.1, 0.15) is 0 Å². The Kier molecular flexibility index (Phi) is 4.18. The summed E-state index contributed by atoms with van der Waals surface area (Å²) < 4.78 is 1.55. The van der Waals surface area contributed by atoms with Crippen LogP contribution < -0.4 is 5.56 Å². The second-order valence-corrected chi connectivity index (χ2v) is 7.64. The molecule has 0 unspecified atom stereocenters. The number of hydrogen-bond acceptors (Lipinski definition) is 3. The molecule has 3 aromatic carbocycles. The fraction of sp³-hybridized carbons (Fsp3) is 0. The van der Waals surface area contributed by atoms with E-state index < -0.39 is 0 Å². The van der Waals surface area contributed by atoms with Crippen molar-refractivity contribution in [3.05, 3.63) is 114 Å². The fourth-order valence-corrected chi connectivity index (χ4v) is 4.15. The Morgan fingerprint density at radius 3 is 2.25 bits per heavy atom. The van der Waals surface area contributed by atoms with Crippen LogP contribution in [0.3, 0.4) is 0 Å². The zero-order chi connectivity index (χ0) is 21.5. The number of nitrogens with zero attached hydrogens (tertiary/aromatic N) is 3. The van der Waals surface area contributed by atoms with Gasteiger partial charge in [0.05, 0.1) is 22.3 Å². The number of H-pyrrole nitrogens is 1. The first-order chi connectivity index (χ1) is 15.8. The zero-order valence-corrected chi connectivity index (χ0v) is 17.1. The van der Waals surface area contributed by atoms with Crippen molar-refractivity contribution in [2.24, 2.45) is 0 Å². The minimum Gasteiger partial charge on any atom is -0.288 e. The van der Waals surface area contributed by atoms with Crippen LogP contribution >= 0.6 is 0 Å². The van der Waals surface area contributed by atoms with Crippen LogP contribution in [0.2, 0.25) is 0 Å². The fourth-order valence-electron chi connectivity index (χ4n) is 4.15. The van der Waals surface area contributed by atoms with E-state index >= 15 is 0 Å². The summed E-state index contributed by atoms with van der Waals surface area (Å²) in [5, 5.41) is 4.31. The lowest BCUT2D eigenvalue weighted by atomic mass is 10.0. The largest absolute Gasteiger partial charge is 0.288 e. The van der Waals surface area contributed by atoms with Crippen LogP contribution in [-0.2, 0) is 0 Å². The van der Waals surface area contributed by atoms with Crippen LogP contribution in [0.25, 0.3) is 50.1 Å². The van der Waals surface area contributed by atoms with E-state index in [0.717, 1.165) is 38.9 Å². The minimum atomic E-state index is -0.141. The number of nitrogens with one attached hydrogen (secondary N) is 1. The van der Waals surface area contributed by atoms with Crippen LogP contribution in [0.5, 0.6) is 0 Å². The second-order valence-electron chi connectivity index (χ2n) is 7.64. The third kappa shape index (κ3) is 2.91. The Bertz CT molecular complexity index is 1630. The number of benzene rings is 3. The molecule has 0 saturated carbocycles. The quantitative estimate of drug-likeness (QED) is 0.412. The molecule has 0 aliphatic heterocycles. The van der Waals surface area contributed by atoms with Crippen molar-refractivity contribution in [1.82, 2.24) is 19.6 Å². The lowest BCUT2D eigenvalue weighted by molar-refractivity contribution is 0.906. The van der Waals surface area contributed by atoms with Crippen LogP contribution in [0.1, 0.15) is 0 Å². The molecule has 0 aliphatic carbocycles. The molecule has 3 aromatic heterocycles. The normalized spacial score (nSPS) is 11.2. The van der Waals surface area contributed by atoms with E-state index in [2.05, 4.69) is 10.1 Å². The Morgan fingerprint density at radius 2 is 1.47 bits per heavy atom. The Labute approximate surface area is 183 Å². The first kappa shape index (κ1) is 18.3. The molecule has 5 heteroatoms. The summed E-state index contributed by atoms with van der Waals surface area (Å²) in [7, 11) is 0. The van der Waals surface area contributed by atoms with Gasteiger partial charge in [-0.25, -0.2) is 4.98 Å². The third-order valence-corrected chi connectivity index (χ3v) is 5.70. The molecule has 0 amide bonds. The maximum absolute atomic E-state index is 13.6. The van der Waals surface area contributed by atoms with Crippen molar-refractivity contribution >= 4 is 16.6 Å². The van der Waals surface area contributed by atoms with Gasteiger partial charge in [-0.3, -0.25) is 14.9 Å². The summed E-state index contributed by atoms with van der Waals surface area (Å²) >= 11 is 0. The molecule has 6 aromatic rings. The molecule has 32 heavy (non-hydrogen) atoms. The highest BCUT2D eigenvalue weighted by atomic mass is 16.1. The number of fused-ring (bicyclic) bond motifs is 2. The smallest absolute Gasteiger partial charge is 0.280 e. The molecule has 0 aliphatic rings. The average molecular weight is 414 g/mol. The molecule has 0 fully saturated rings. The SMILES string of the molecule is O=c1c(-c2ccc3ncccc3c2)cnc2c(-c3ccccc3)c(-c3ccccc3)[nH]n12. The number of hydrogen-bond donors (Lipinski definition) is 1. The third-order valence-electron chi connectivity index (χ3n) is 5.70. The Balaban J connectivity index is 1.62. The van der Waals surface area contributed by atoms with Crippen molar-refractivity contribution in [2.75, 3.05) is 0 Å². The van der Waals surface area contributed by atoms with Gasteiger partial charge in [-0.05, 0) is 29.3 Å². The van der Waals surface area contributed by atoms with Crippen LogP contribution in [0.15, 0.2) is 108 Å². The van der Waals surface area contributed by atoms with Gasteiger partial charge in [0, 0.05) is 23.3 Å². The van der Waals surface area contributed by atoms with E-state index in [1.165, 1.54) is 0 Å². The summed E-state index contributed by atoms with van der Waals surface area (Å²) in [6.07, 6.45) is 3.43. The van der Waals surface area contributed by atoms with Gasteiger partial charge < -0.3 is 0 Å². The van der Waals surface area contributed by atoms with Gasteiger partial charge in [-0.1, -0.05) is 72.8 Å². The van der Waals surface area contributed by atoms with Gasteiger partial charge in [0.15, 0.2) is 5.65 Å². The number of aromatic nitrogens is 4. The van der Waals surface area contributed by atoms with Gasteiger partial charge in [0.25, 0.3) is 5.56 Å². The average Bonchev–Trinajstić information content (AvgIpc) is 3.26. The first-order valence-electron chi connectivity index (χ1n) is 10.4. The minimum absolute atomic E-state index is 0.141. The highest BCUT2D eigenvalue weighted by molar-refractivity contribution is 5.91. The van der Waals surface area contributed by atoms with Gasteiger partial charge in [0.2, 0.25) is 0 Å². The molecule has 6 rings (SSSR count). The molecule has 1 N–H and O–H groups in total. The van der Waals surface area contributed by atoms with E-state index in [4.69, 9.17) is 4.98 Å². The van der Waals surface area contributed by atoms with Crippen molar-refractivity contribution < 1.29 is 0 Å². The maximum Gasteiger partial charge on any atom is 0.280 e. The van der Waals surface area contributed by atoms with E-state index in [1.807, 2.05) is 91.0 Å². The predicted octanol–water partition coefficient (Wildman–Crippen LogP) is 5.57. The summed E-state index contributed by atoms with van der Waals surface area (Å²) in [4.78, 5) is 22.7. The van der Waals surface area contributed by atoms with E-state index in [1.54, 1.807) is 16.9 Å². The summed E-state index contributed by atoms with van der Waals surface area (Å²) in [5.41, 5.74) is 6.47. The second kappa shape index (κ2) is 7.32. The molecule has 152 valence electrons. The Morgan fingerprint density at radius 1 is 0.719 bits per heavy atom. The molecule has 0 spiro atoms. The first-order valence-corrected chi connectivity index (χ1v) is 10.4. The lowest BCUT2D eigenvalue weighted by Gasteiger charge is -2.05. The number of rotatable bonds is 3. The van der Waals surface area contributed by atoms with Crippen molar-refractivity contribution in [1.29, 1.82) is 0 Å². The van der Waals surface area contributed by atoms with E-state index in [-0.39, 0.29) is 5.56 Å². The highest BCUT2D eigenvalue weighted by Gasteiger charge is 2.19. The standard InChI is InChI=1S/C27H18N4O/c32-27-22(20-13-14-23-21(16-20)12-7-15-28-23)17-29-26-24(18-8-3-1-4-9-18)25(30-31(26)27)19-10-5-2-6-11-19/h1-17,30H. The van der Waals surface area contributed by atoms with Crippen LogP contribution in [0.4, 0.5) is 0 Å². The topological polar surface area (TPSA) is 63.0 Å². The van der Waals surface area contributed by atoms with Crippen LogP contribution in [-0.4, -0.2) is 19.6 Å². The lowest BCUT2D eigenvalue weighted by Crippen LogP contribution is -2.17. The molecule has 3 heterocycles. The van der Waals surface area contributed by atoms with E-state index in [0.29, 0.717) is 11.2 Å². The molecule has 0 saturated heterocycles. The van der Waals surface area contributed by atoms with Crippen molar-refractivity contribution in [3.63, 3.8) is 0 Å². The van der Waals surface area contributed by atoms with Crippen molar-refractivity contribution in [3.8, 4) is 33.5 Å². The summed E-state index contributed by atoms with van der Waals surface area (Å²) in [6, 6.07) is 29.7. The molecule has 0 atom stereocenters. The highest BCUT2D eigenvalue weighted by Crippen LogP contribution is 2.34. The molecule has 0 radical (unpaired) electrons. The van der Waals surface area contributed by atoms with Gasteiger partial charge in [-0.15, -0.1) is 0 Å². The van der Waals surface area contributed by atoms with Crippen molar-refractivity contribution in [2.45, 2.75) is 0 Å². The summed E-state index contributed by atoms with van der Waals surface area (Å²) in [6.45, 7) is 0. The Hall–Kier alpha value is -4.51. The van der Waals surface area contributed by atoms with Gasteiger partial charge in [-0.2, -0.15) is 4.52 Å². The predicted molar refractivity (Wildman–Crippen MR) is 127 cm³/mol. The summed E-state index contributed by atoms with van der Waals surface area (Å²) in [5.74, 6) is 0. The molecular weight excluding hydrogens is 396 g/mol. The van der Waals surface area contributed by atoms with E-state index in [9.17, 15) is 4.79 Å². The molecular formula is C27H18N4O.